The number of hydrogen-bond acceptors (Lipinski definition) is 2. The summed E-state index contributed by atoms with van der Waals surface area (Å²) in [6.45, 7) is 4.20. The summed E-state index contributed by atoms with van der Waals surface area (Å²) >= 11 is 4.37. The number of hydrogen-bond donors (Lipinski definition) is 2. The molecule has 0 rings (SSSR count). The van der Waals surface area contributed by atoms with E-state index in [0.29, 0.717) is 11.3 Å². The average Bonchev–Trinajstić information content (AvgIpc) is 1.63. The largest absolute Gasteiger partial charge is 0.328 e. The highest BCUT2D eigenvalue weighted by Crippen LogP contribution is 2.09. The number of nitrogens with two attached hydrogens (primary N) is 1. The first-order valence-corrected chi connectivity index (χ1v) is 4.12. The van der Waals surface area contributed by atoms with Gasteiger partial charge in [0.15, 0.2) is 0 Å². The molecule has 0 aromatic heterocycles. The fraction of sp³-hybridized carbons (Fsp3) is 1.00. The van der Waals surface area contributed by atoms with Crippen molar-refractivity contribution >= 4 is 12.6 Å². The van der Waals surface area contributed by atoms with Gasteiger partial charge in [0.2, 0.25) is 0 Å². The van der Waals surface area contributed by atoms with Crippen LogP contribution in [-0.2, 0) is 0 Å². The molecule has 0 saturated carbocycles. The van der Waals surface area contributed by atoms with Crippen molar-refractivity contribution in [2.24, 2.45) is 5.73 Å². The summed E-state index contributed by atoms with van der Waals surface area (Å²) in [4.78, 5) is 0. The van der Waals surface area contributed by atoms with Crippen LogP contribution in [0.25, 0.3) is 0 Å². The van der Waals surface area contributed by atoms with Crippen LogP contribution in [0.4, 0.5) is 0 Å². The highest BCUT2D eigenvalue weighted by molar-refractivity contribution is 7.80. The topological polar surface area (TPSA) is 26.0 Å². The Morgan fingerprint density at radius 1 is 1.56 bits per heavy atom. The van der Waals surface area contributed by atoms with Gasteiger partial charge in [-0.1, -0.05) is 13.3 Å². The van der Waals surface area contributed by atoms with Crippen LogP contribution < -0.4 is 5.73 Å². The molecule has 0 aliphatic rings. The van der Waals surface area contributed by atoms with E-state index in [9.17, 15) is 0 Å². The van der Waals surface area contributed by atoms with Gasteiger partial charge in [0.1, 0.15) is 0 Å². The van der Waals surface area contributed by atoms with Crippen LogP contribution in [0.5, 0.6) is 0 Å². The van der Waals surface area contributed by atoms with Crippen LogP contribution in [0.3, 0.4) is 0 Å². The monoisotopic (exact) mass is 147 g/mol. The third kappa shape index (κ3) is 6.19. The second-order valence-electron chi connectivity index (χ2n) is 2.66. The lowest BCUT2D eigenvalue weighted by Crippen LogP contribution is -2.19. The molecule has 2 unspecified atom stereocenters. The molecule has 2 heteroatoms. The molecule has 0 amide bonds. The van der Waals surface area contributed by atoms with Crippen molar-refractivity contribution in [3.8, 4) is 0 Å². The Balaban J connectivity index is 3.15. The zero-order valence-corrected chi connectivity index (χ0v) is 7.20. The van der Waals surface area contributed by atoms with Crippen molar-refractivity contribution in [2.45, 2.75) is 44.4 Å². The smallest absolute Gasteiger partial charge is 0.00313 e. The quantitative estimate of drug-likeness (QED) is 0.583. The van der Waals surface area contributed by atoms with E-state index in [4.69, 9.17) is 5.73 Å². The molecule has 0 aliphatic heterocycles. The van der Waals surface area contributed by atoms with Crippen molar-refractivity contribution in [1.82, 2.24) is 0 Å². The van der Waals surface area contributed by atoms with Crippen molar-refractivity contribution in [3.05, 3.63) is 0 Å². The molecule has 2 N–H and O–H groups in total. The van der Waals surface area contributed by atoms with Crippen molar-refractivity contribution in [1.29, 1.82) is 0 Å². The standard InChI is InChI=1S/C7H17NS/c1-3-4-7(9)5-6(2)8/h6-7,9H,3-5,8H2,1-2H3. The fourth-order valence-corrected chi connectivity index (χ4v) is 1.47. The molecule has 0 saturated heterocycles. The predicted molar refractivity (Wildman–Crippen MR) is 45.9 cm³/mol. The maximum absolute atomic E-state index is 5.57. The zero-order valence-electron chi connectivity index (χ0n) is 6.30. The summed E-state index contributed by atoms with van der Waals surface area (Å²) in [6, 6.07) is 0.305. The van der Waals surface area contributed by atoms with E-state index >= 15 is 0 Å². The molecule has 56 valence electrons. The summed E-state index contributed by atoms with van der Waals surface area (Å²) in [5, 5.41) is 0.509. The SMILES string of the molecule is CCCC(S)CC(C)N. The molecule has 9 heavy (non-hydrogen) atoms. The van der Waals surface area contributed by atoms with Gasteiger partial charge in [0.25, 0.3) is 0 Å². The van der Waals surface area contributed by atoms with E-state index in [2.05, 4.69) is 19.6 Å². The molecule has 0 heterocycles. The van der Waals surface area contributed by atoms with Crippen molar-refractivity contribution < 1.29 is 0 Å². The first-order valence-electron chi connectivity index (χ1n) is 3.60. The molecule has 0 spiro atoms. The summed E-state index contributed by atoms with van der Waals surface area (Å²) in [5.74, 6) is 0. The first kappa shape index (κ1) is 9.31. The molecule has 0 aromatic rings. The Kier molecular flexibility index (Phi) is 5.30. The Labute approximate surface area is 63.4 Å². The fourth-order valence-electron chi connectivity index (χ4n) is 0.880. The summed E-state index contributed by atoms with van der Waals surface area (Å²) in [6.07, 6.45) is 3.43. The molecule has 0 radical (unpaired) electrons. The van der Waals surface area contributed by atoms with Crippen molar-refractivity contribution in [3.63, 3.8) is 0 Å². The summed E-state index contributed by atoms with van der Waals surface area (Å²) in [7, 11) is 0. The van der Waals surface area contributed by atoms with Gasteiger partial charge >= 0.3 is 0 Å². The average molecular weight is 147 g/mol. The molecule has 0 fully saturated rings. The lowest BCUT2D eigenvalue weighted by Gasteiger charge is -2.10. The second-order valence-corrected chi connectivity index (χ2v) is 3.39. The third-order valence-corrected chi connectivity index (χ3v) is 1.73. The minimum Gasteiger partial charge on any atom is -0.328 e. The van der Waals surface area contributed by atoms with Gasteiger partial charge in [-0.25, -0.2) is 0 Å². The Hall–Kier alpha value is 0.310. The lowest BCUT2D eigenvalue weighted by atomic mass is 10.1. The van der Waals surface area contributed by atoms with E-state index in [-0.39, 0.29) is 0 Å². The normalized spacial score (nSPS) is 17.3. The van der Waals surface area contributed by atoms with Gasteiger partial charge in [0, 0.05) is 11.3 Å². The Morgan fingerprint density at radius 3 is 2.44 bits per heavy atom. The van der Waals surface area contributed by atoms with Gasteiger partial charge in [-0.3, -0.25) is 0 Å². The Morgan fingerprint density at radius 2 is 2.11 bits per heavy atom. The zero-order chi connectivity index (χ0) is 7.28. The number of rotatable bonds is 4. The first-order chi connectivity index (χ1) is 4.16. The number of thiol groups is 1. The minimum absolute atomic E-state index is 0.305. The molecule has 2 atom stereocenters. The molecular formula is C7H17NS. The van der Waals surface area contributed by atoms with Crippen LogP contribution in [-0.4, -0.2) is 11.3 Å². The molecule has 1 nitrogen and oxygen atoms in total. The van der Waals surface area contributed by atoms with Gasteiger partial charge in [-0.2, -0.15) is 12.6 Å². The van der Waals surface area contributed by atoms with E-state index in [1.54, 1.807) is 0 Å². The van der Waals surface area contributed by atoms with Crippen molar-refractivity contribution in [2.75, 3.05) is 0 Å². The highest BCUT2D eigenvalue weighted by Gasteiger charge is 2.03. The van der Waals surface area contributed by atoms with Gasteiger partial charge in [0.05, 0.1) is 0 Å². The van der Waals surface area contributed by atoms with Crippen LogP contribution in [0, 0.1) is 0 Å². The second kappa shape index (κ2) is 5.12. The predicted octanol–water partition coefficient (Wildman–Crippen LogP) is 1.82. The van der Waals surface area contributed by atoms with Gasteiger partial charge in [-0.05, 0) is 19.8 Å². The Bertz CT molecular complexity index is 63.9. The minimum atomic E-state index is 0.305. The van der Waals surface area contributed by atoms with E-state index in [1.807, 2.05) is 6.92 Å². The maximum atomic E-state index is 5.57. The lowest BCUT2D eigenvalue weighted by molar-refractivity contribution is 0.608. The summed E-state index contributed by atoms with van der Waals surface area (Å²) in [5.41, 5.74) is 5.57. The van der Waals surface area contributed by atoms with Crippen LogP contribution in [0.2, 0.25) is 0 Å². The van der Waals surface area contributed by atoms with Gasteiger partial charge in [-0.15, -0.1) is 0 Å². The molecule has 0 bridgehead atoms. The molecule has 0 aromatic carbocycles. The van der Waals surface area contributed by atoms with Crippen LogP contribution in [0.15, 0.2) is 0 Å². The molecular weight excluding hydrogens is 130 g/mol. The maximum Gasteiger partial charge on any atom is 0.00313 e. The van der Waals surface area contributed by atoms with Gasteiger partial charge < -0.3 is 5.73 Å². The third-order valence-electron chi connectivity index (χ3n) is 1.27. The molecule has 0 aliphatic carbocycles. The van der Waals surface area contributed by atoms with E-state index in [0.717, 1.165) is 6.42 Å². The highest BCUT2D eigenvalue weighted by atomic mass is 32.1. The van der Waals surface area contributed by atoms with Crippen LogP contribution >= 0.6 is 12.6 Å². The van der Waals surface area contributed by atoms with Crippen LogP contribution in [0.1, 0.15) is 33.1 Å². The summed E-state index contributed by atoms with van der Waals surface area (Å²) < 4.78 is 0. The van der Waals surface area contributed by atoms with E-state index in [1.165, 1.54) is 12.8 Å². The van der Waals surface area contributed by atoms with E-state index < -0.39 is 0 Å².